The van der Waals surface area contributed by atoms with Gasteiger partial charge in [0.25, 0.3) is 0 Å². The first-order valence-corrected chi connectivity index (χ1v) is 6.15. The highest BCUT2D eigenvalue weighted by Gasteiger charge is 2.21. The van der Waals surface area contributed by atoms with Gasteiger partial charge in [-0.2, -0.15) is 0 Å². The topological polar surface area (TPSA) is 12.9 Å². The van der Waals surface area contributed by atoms with Gasteiger partial charge in [0.1, 0.15) is 0 Å². The lowest BCUT2D eigenvalue weighted by atomic mass is 10.0. The van der Waals surface area contributed by atoms with Crippen LogP contribution in [0.1, 0.15) is 19.4 Å². The summed E-state index contributed by atoms with van der Waals surface area (Å²) in [6, 6.07) is 14.6. The van der Waals surface area contributed by atoms with Gasteiger partial charge in [-0.1, -0.05) is 18.2 Å². The van der Waals surface area contributed by atoms with Crippen LogP contribution in [0.5, 0.6) is 0 Å². The first kappa shape index (κ1) is 11.2. The second kappa shape index (κ2) is 4.71. The van der Waals surface area contributed by atoms with Gasteiger partial charge in [0.2, 0.25) is 0 Å². The van der Waals surface area contributed by atoms with Gasteiger partial charge in [0.05, 0.1) is 0 Å². The molecular weight excluding hydrogens is 214 g/mol. The fraction of sp³-hybridized carbons (Fsp3) is 0.214. The monoisotopic (exact) mass is 229 g/mol. The molecule has 0 bridgehead atoms. The van der Waals surface area contributed by atoms with E-state index in [1.165, 1.54) is 10.5 Å². The highest BCUT2D eigenvalue weighted by molar-refractivity contribution is 8.00. The summed E-state index contributed by atoms with van der Waals surface area (Å²) < 4.78 is 0.0737. The Labute approximate surface area is 101 Å². The van der Waals surface area contributed by atoms with Crippen molar-refractivity contribution < 1.29 is 0 Å². The summed E-state index contributed by atoms with van der Waals surface area (Å²) in [5.74, 6) is 0. The first-order valence-electron chi connectivity index (χ1n) is 5.33. The molecule has 16 heavy (non-hydrogen) atoms. The minimum atomic E-state index is 0.0737. The molecule has 2 heteroatoms. The molecule has 1 aromatic heterocycles. The number of nitrogens with zero attached hydrogens (tertiary/aromatic N) is 1. The number of hydrogen-bond acceptors (Lipinski definition) is 2. The Morgan fingerprint density at radius 1 is 0.938 bits per heavy atom. The van der Waals surface area contributed by atoms with Gasteiger partial charge in [0.15, 0.2) is 0 Å². The second-order valence-corrected chi connectivity index (χ2v) is 5.86. The lowest BCUT2D eigenvalue weighted by Gasteiger charge is -2.24. The average Bonchev–Trinajstić information content (AvgIpc) is 2.31. The molecule has 1 nitrogen and oxygen atoms in total. The van der Waals surface area contributed by atoms with Gasteiger partial charge in [-0.25, -0.2) is 0 Å². The summed E-state index contributed by atoms with van der Waals surface area (Å²) in [5.41, 5.74) is 1.30. The van der Waals surface area contributed by atoms with Crippen molar-refractivity contribution in [2.24, 2.45) is 0 Å². The number of aromatic nitrogens is 1. The summed E-state index contributed by atoms with van der Waals surface area (Å²) in [4.78, 5) is 5.35. The second-order valence-electron chi connectivity index (χ2n) is 4.16. The Hall–Kier alpha value is -1.28. The molecule has 0 amide bonds. The van der Waals surface area contributed by atoms with E-state index in [9.17, 15) is 0 Å². The Kier molecular flexibility index (Phi) is 3.30. The van der Waals surface area contributed by atoms with Crippen molar-refractivity contribution in [3.63, 3.8) is 0 Å². The fourth-order valence-electron chi connectivity index (χ4n) is 1.60. The largest absolute Gasteiger partial charge is 0.265 e. The highest BCUT2D eigenvalue weighted by atomic mass is 32.2. The van der Waals surface area contributed by atoms with Crippen LogP contribution in [-0.2, 0) is 4.75 Å². The number of pyridine rings is 1. The molecule has 0 saturated heterocycles. The Morgan fingerprint density at radius 2 is 1.56 bits per heavy atom. The minimum Gasteiger partial charge on any atom is -0.265 e. The van der Waals surface area contributed by atoms with Crippen LogP contribution in [0, 0.1) is 0 Å². The standard InChI is InChI=1S/C14H15NS/c1-14(2,12-8-10-15-11-9-12)16-13-6-4-3-5-7-13/h3-11H,1-2H3. The van der Waals surface area contributed by atoms with Crippen LogP contribution in [0.25, 0.3) is 0 Å². The van der Waals surface area contributed by atoms with E-state index in [1.54, 1.807) is 0 Å². The van der Waals surface area contributed by atoms with Crippen LogP contribution in [-0.4, -0.2) is 4.98 Å². The molecule has 82 valence electrons. The van der Waals surface area contributed by atoms with Gasteiger partial charge in [-0.05, 0) is 43.7 Å². The van der Waals surface area contributed by atoms with Crippen molar-refractivity contribution in [1.29, 1.82) is 0 Å². The van der Waals surface area contributed by atoms with Crippen LogP contribution in [0.2, 0.25) is 0 Å². The molecule has 0 saturated carbocycles. The van der Waals surface area contributed by atoms with Crippen molar-refractivity contribution in [3.05, 3.63) is 60.4 Å². The average molecular weight is 229 g/mol. The molecule has 0 fully saturated rings. The van der Waals surface area contributed by atoms with Crippen molar-refractivity contribution in [1.82, 2.24) is 4.98 Å². The van der Waals surface area contributed by atoms with Crippen molar-refractivity contribution in [2.45, 2.75) is 23.5 Å². The van der Waals surface area contributed by atoms with E-state index in [0.717, 1.165) is 0 Å². The first-order chi connectivity index (χ1) is 7.68. The maximum Gasteiger partial charge on any atom is 0.0400 e. The zero-order valence-corrected chi connectivity index (χ0v) is 10.4. The summed E-state index contributed by atoms with van der Waals surface area (Å²) in [5, 5.41) is 0. The van der Waals surface area contributed by atoms with Crippen LogP contribution >= 0.6 is 11.8 Å². The maximum atomic E-state index is 4.06. The van der Waals surface area contributed by atoms with Crippen LogP contribution < -0.4 is 0 Å². The quantitative estimate of drug-likeness (QED) is 0.735. The smallest absolute Gasteiger partial charge is 0.0400 e. The van der Waals surface area contributed by atoms with E-state index in [1.807, 2.05) is 30.2 Å². The summed E-state index contributed by atoms with van der Waals surface area (Å²) in [7, 11) is 0. The summed E-state index contributed by atoms with van der Waals surface area (Å²) >= 11 is 1.87. The third-order valence-corrected chi connectivity index (χ3v) is 3.75. The lowest BCUT2D eigenvalue weighted by Crippen LogP contribution is -2.11. The molecule has 0 aliphatic rings. The zero-order chi connectivity index (χ0) is 11.4. The minimum absolute atomic E-state index is 0.0737. The van der Waals surface area contributed by atoms with Gasteiger partial charge >= 0.3 is 0 Å². The molecule has 2 rings (SSSR count). The predicted octanol–water partition coefficient (Wildman–Crippen LogP) is 4.11. The SMILES string of the molecule is CC(C)(Sc1ccccc1)c1ccncc1. The molecular formula is C14H15NS. The molecule has 0 aliphatic carbocycles. The Balaban J connectivity index is 2.21. The lowest BCUT2D eigenvalue weighted by molar-refractivity contribution is 0.779. The fourth-order valence-corrected chi connectivity index (χ4v) is 2.73. The molecule has 0 aliphatic heterocycles. The molecule has 0 radical (unpaired) electrons. The molecule has 0 unspecified atom stereocenters. The van der Waals surface area contributed by atoms with Crippen LogP contribution in [0.3, 0.4) is 0 Å². The third kappa shape index (κ3) is 2.64. The van der Waals surface area contributed by atoms with Crippen molar-refractivity contribution >= 4 is 11.8 Å². The Morgan fingerprint density at radius 3 is 2.19 bits per heavy atom. The maximum absolute atomic E-state index is 4.06. The predicted molar refractivity (Wildman–Crippen MR) is 69.6 cm³/mol. The normalized spacial score (nSPS) is 11.4. The molecule has 2 aromatic rings. The molecule has 0 N–H and O–H groups in total. The van der Waals surface area contributed by atoms with E-state index < -0.39 is 0 Å². The van der Waals surface area contributed by atoms with Crippen molar-refractivity contribution in [3.8, 4) is 0 Å². The van der Waals surface area contributed by atoms with Gasteiger partial charge in [0, 0.05) is 22.0 Å². The van der Waals surface area contributed by atoms with E-state index in [4.69, 9.17) is 0 Å². The van der Waals surface area contributed by atoms with E-state index in [0.29, 0.717) is 0 Å². The summed E-state index contributed by atoms with van der Waals surface area (Å²) in [6.45, 7) is 4.47. The van der Waals surface area contributed by atoms with Gasteiger partial charge < -0.3 is 0 Å². The number of thioether (sulfide) groups is 1. The number of benzene rings is 1. The molecule has 1 aromatic carbocycles. The van der Waals surface area contributed by atoms with E-state index in [2.05, 4.69) is 55.2 Å². The van der Waals surface area contributed by atoms with Gasteiger partial charge in [-0.3, -0.25) is 4.98 Å². The van der Waals surface area contributed by atoms with Crippen LogP contribution in [0.15, 0.2) is 59.8 Å². The van der Waals surface area contributed by atoms with E-state index in [-0.39, 0.29) is 4.75 Å². The molecule has 1 heterocycles. The van der Waals surface area contributed by atoms with E-state index >= 15 is 0 Å². The molecule has 0 spiro atoms. The van der Waals surface area contributed by atoms with Gasteiger partial charge in [-0.15, -0.1) is 11.8 Å². The van der Waals surface area contributed by atoms with Crippen LogP contribution in [0.4, 0.5) is 0 Å². The molecule has 0 atom stereocenters. The van der Waals surface area contributed by atoms with Crippen molar-refractivity contribution in [2.75, 3.05) is 0 Å². The number of rotatable bonds is 3. The third-order valence-electron chi connectivity index (χ3n) is 2.49. The zero-order valence-electron chi connectivity index (χ0n) is 9.55. The Bertz CT molecular complexity index is 437. The highest BCUT2D eigenvalue weighted by Crippen LogP contribution is 2.40. The summed E-state index contributed by atoms with van der Waals surface area (Å²) in [6.07, 6.45) is 3.70. The number of hydrogen-bond donors (Lipinski definition) is 0.